The second-order valence-electron chi connectivity index (χ2n) is 4.47. The average molecular weight is 231 g/mol. The van der Waals surface area contributed by atoms with Crippen molar-refractivity contribution in [3.05, 3.63) is 35.1 Å². The predicted molar refractivity (Wildman–Crippen MR) is 74.3 cm³/mol. The van der Waals surface area contributed by atoms with Gasteiger partial charge in [-0.05, 0) is 43.7 Å². The first-order valence-electron chi connectivity index (χ1n) is 6.41. The van der Waals surface area contributed by atoms with Crippen molar-refractivity contribution in [2.45, 2.75) is 45.4 Å². The summed E-state index contributed by atoms with van der Waals surface area (Å²) in [6.07, 6.45) is 10.6. The third-order valence-electron chi connectivity index (χ3n) is 3.06. The van der Waals surface area contributed by atoms with Crippen LogP contribution in [0.25, 0.3) is 6.08 Å². The normalized spacial score (nSPS) is 15.2. The van der Waals surface area contributed by atoms with Crippen molar-refractivity contribution >= 4 is 20.0 Å². The van der Waals surface area contributed by atoms with E-state index in [1.165, 1.54) is 58.0 Å². The Morgan fingerprint density at radius 2 is 1.81 bits per heavy atom. The Morgan fingerprint density at radius 1 is 1.00 bits per heavy atom. The number of fused-ring (bicyclic) bond motifs is 1. The molecule has 2 rings (SSSR count). The number of allylic oxidation sites excluding steroid dienone is 1. The molecule has 1 aliphatic rings. The van der Waals surface area contributed by atoms with Crippen molar-refractivity contribution in [3.8, 4) is 0 Å². The first kappa shape index (κ1) is 11.9. The van der Waals surface area contributed by atoms with Crippen LogP contribution in [0.4, 0.5) is 0 Å². The van der Waals surface area contributed by atoms with E-state index in [1.807, 2.05) is 0 Å². The van der Waals surface area contributed by atoms with E-state index in [-0.39, 0.29) is 0 Å². The minimum Gasteiger partial charge on any atom is -0.0654 e. The molecule has 1 aliphatic heterocycles. The highest BCUT2D eigenvalue weighted by Gasteiger charge is 2.11. The van der Waals surface area contributed by atoms with Crippen LogP contribution >= 0.6 is 8.58 Å². The van der Waals surface area contributed by atoms with Gasteiger partial charge in [-0.15, -0.1) is 0 Å². The molecular formula is C15H20P. The Bertz CT molecular complexity index is 365. The summed E-state index contributed by atoms with van der Waals surface area (Å²) in [4.78, 5) is 0. The summed E-state index contributed by atoms with van der Waals surface area (Å²) in [5.41, 5.74) is 1.44. The second-order valence-corrected chi connectivity index (χ2v) is 5.75. The molecule has 1 radical (unpaired) electrons. The van der Waals surface area contributed by atoms with Gasteiger partial charge in [0.05, 0.1) is 0 Å². The smallest absolute Gasteiger partial charge is 0.00769 e. The van der Waals surface area contributed by atoms with Crippen LogP contribution in [0, 0.1) is 0 Å². The summed E-state index contributed by atoms with van der Waals surface area (Å²) in [7, 11) is 1.45. The van der Waals surface area contributed by atoms with Crippen molar-refractivity contribution in [2.24, 2.45) is 0 Å². The molecule has 0 saturated carbocycles. The molecule has 0 bridgehead atoms. The number of hydrogen-bond donors (Lipinski definition) is 0. The molecule has 16 heavy (non-hydrogen) atoms. The first-order chi connectivity index (χ1) is 7.90. The highest BCUT2D eigenvalue weighted by atomic mass is 31.1. The SMILES string of the molecule is CCCCCCCC1=Cc2ccccc2[P]1. The second kappa shape index (κ2) is 6.21. The van der Waals surface area contributed by atoms with Gasteiger partial charge in [0, 0.05) is 0 Å². The number of hydrogen-bond acceptors (Lipinski definition) is 0. The van der Waals surface area contributed by atoms with Gasteiger partial charge in [-0.3, -0.25) is 0 Å². The Hall–Kier alpha value is -0.610. The van der Waals surface area contributed by atoms with E-state index in [2.05, 4.69) is 37.3 Å². The molecule has 0 saturated heterocycles. The fourth-order valence-electron chi connectivity index (χ4n) is 2.12. The number of unbranched alkanes of at least 4 members (excludes halogenated alkanes) is 4. The standard InChI is InChI=1S/C15H20P/c1-2-3-4-5-6-10-14-12-13-9-7-8-11-15(13)16-14/h7-9,11-12H,2-6,10H2,1H3. The zero-order chi connectivity index (χ0) is 11.2. The first-order valence-corrected chi connectivity index (χ1v) is 7.31. The lowest BCUT2D eigenvalue weighted by Crippen LogP contribution is -1.92. The Labute approximate surface area is 101 Å². The van der Waals surface area contributed by atoms with Crippen molar-refractivity contribution in [1.82, 2.24) is 0 Å². The molecule has 85 valence electrons. The van der Waals surface area contributed by atoms with Crippen LogP contribution in [-0.4, -0.2) is 0 Å². The lowest BCUT2D eigenvalue weighted by Gasteiger charge is -2.01. The summed E-state index contributed by atoms with van der Waals surface area (Å²) in [6, 6.07) is 8.75. The van der Waals surface area contributed by atoms with Crippen LogP contribution in [0.2, 0.25) is 0 Å². The van der Waals surface area contributed by atoms with Crippen molar-refractivity contribution in [2.75, 3.05) is 0 Å². The zero-order valence-corrected chi connectivity index (χ0v) is 11.0. The molecule has 0 aromatic heterocycles. The molecule has 0 nitrogen and oxygen atoms in total. The van der Waals surface area contributed by atoms with E-state index < -0.39 is 0 Å². The summed E-state index contributed by atoms with van der Waals surface area (Å²) < 4.78 is 0. The fraction of sp³-hybridized carbons (Fsp3) is 0.467. The van der Waals surface area contributed by atoms with E-state index in [1.54, 1.807) is 5.31 Å². The van der Waals surface area contributed by atoms with Gasteiger partial charge in [-0.25, -0.2) is 0 Å². The third kappa shape index (κ3) is 3.19. The molecule has 0 spiro atoms. The van der Waals surface area contributed by atoms with E-state index >= 15 is 0 Å². The Kier molecular flexibility index (Phi) is 4.60. The van der Waals surface area contributed by atoms with Crippen LogP contribution in [0.3, 0.4) is 0 Å². The van der Waals surface area contributed by atoms with Crippen molar-refractivity contribution in [1.29, 1.82) is 0 Å². The minimum atomic E-state index is 1.29. The van der Waals surface area contributed by atoms with Gasteiger partial charge in [0.2, 0.25) is 0 Å². The number of benzene rings is 1. The van der Waals surface area contributed by atoms with Gasteiger partial charge < -0.3 is 0 Å². The monoisotopic (exact) mass is 231 g/mol. The molecule has 0 N–H and O–H groups in total. The summed E-state index contributed by atoms with van der Waals surface area (Å²) in [5, 5.41) is 3.10. The van der Waals surface area contributed by atoms with Gasteiger partial charge in [-0.2, -0.15) is 0 Å². The average Bonchev–Trinajstić information content (AvgIpc) is 2.71. The molecule has 0 aliphatic carbocycles. The summed E-state index contributed by atoms with van der Waals surface area (Å²) in [6.45, 7) is 2.27. The van der Waals surface area contributed by atoms with Gasteiger partial charge >= 0.3 is 0 Å². The zero-order valence-electron chi connectivity index (χ0n) is 10.1. The number of rotatable bonds is 6. The summed E-state index contributed by atoms with van der Waals surface area (Å²) in [5.74, 6) is 0. The molecule has 1 aromatic rings. The topological polar surface area (TPSA) is 0 Å². The van der Waals surface area contributed by atoms with Crippen LogP contribution in [0.1, 0.15) is 51.0 Å². The van der Waals surface area contributed by atoms with E-state index in [0.717, 1.165) is 0 Å². The van der Waals surface area contributed by atoms with Crippen LogP contribution in [0.5, 0.6) is 0 Å². The van der Waals surface area contributed by atoms with Crippen molar-refractivity contribution in [3.63, 3.8) is 0 Å². The van der Waals surface area contributed by atoms with E-state index in [9.17, 15) is 0 Å². The molecule has 0 fully saturated rings. The lowest BCUT2D eigenvalue weighted by molar-refractivity contribution is 0.636. The third-order valence-corrected chi connectivity index (χ3v) is 4.35. The maximum absolute atomic E-state index is 2.39. The molecule has 1 heteroatoms. The largest absolute Gasteiger partial charge is 0.0654 e. The maximum atomic E-state index is 2.39. The Morgan fingerprint density at radius 3 is 2.62 bits per heavy atom. The molecule has 1 heterocycles. The highest BCUT2D eigenvalue weighted by Crippen LogP contribution is 2.36. The van der Waals surface area contributed by atoms with Crippen LogP contribution in [0.15, 0.2) is 29.6 Å². The van der Waals surface area contributed by atoms with Gasteiger partial charge in [0.1, 0.15) is 0 Å². The molecule has 0 unspecified atom stereocenters. The quantitative estimate of drug-likeness (QED) is 0.479. The van der Waals surface area contributed by atoms with E-state index in [4.69, 9.17) is 0 Å². The van der Waals surface area contributed by atoms with E-state index in [0.29, 0.717) is 0 Å². The fourth-order valence-corrected chi connectivity index (χ4v) is 3.33. The van der Waals surface area contributed by atoms with Gasteiger partial charge in [0.25, 0.3) is 0 Å². The molecule has 0 atom stereocenters. The van der Waals surface area contributed by atoms with Gasteiger partial charge in [-0.1, -0.05) is 56.9 Å². The molecule has 0 amide bonds. The minimum absolute atomic E-state index is 1.29. The Balaban J connectivity index is 1.74. The molecule has 1 aromatic carbocycles. The highest BCUT2D eigenvalue weighted by molar-refractivity contribution is 7.53. The van der Waals surface area contributed by atoms with Crippen molar-refractivity contribution < 1.29 is 0 Å². The predicted octanol–water partition coefficient (Wildman–Crippen LogP) is 4.97. The van der Waals surface area contributed by atoms with Crippen LogP contribution in [-0.2, 0) is 0 Å². The lowest BCUT2D eigenvalue weighted by atomic mass is 10.1. The van der Waals surface area contributed by atoms with Crippen LogP contribution < -0.4 is 5.30 Å². The molecular weight excluding hydrogens is 211 g/mol. The van der Waals surface area contributed by atoms with Gasteiger partial charge in [0.15, 0.2) is 0 Å². The summed E-state index contributed by atoms with van der Waals surface area (Å²) >= 11 is 0. The maximum Gasteiger partial charge on any atom is -0.00769 e.